The maximum absolute atomic E-state index is 12.7. The third kappa shape index (κ3) is 3.13. The van der Waals surface area contributed by atoms with Crippen molar-refractivity contribution < 1.29 is 8.42 Å². The van der Waals surface area contributed by atoms with Crippen LogP contribution in [0.25, 0.3) is 0 Å². The van der Waals surface area contributed by atoms with Crippen LogP contribution in [0.15, 0.2) is 29.2 Å². The minimum atomic E-state index is -3.37. The lowest BCUT2D eigenvalue weighted by molar-refractivity contribution is 0.382. The van der Waals surface area contributed by atoms with E-state index < -0.39 is 10.0 Å². The third-order valence-corrected chi connectivity index (χ3v) is 5.82. The Labute approximate surface area is 120 Å². The number of nitrogens with two attached hydrogens (primary N) is 1. The zero-order chi connectivity index (χ0) is 14.2. The molecule has 3 rings (SSSR count). The first-order valence-corrected chi connectivity index (χ1v) is 8.60. The van der Waals surface area contributed by atoms with Crippen LogP contribution in [0.3, 0.4) is 0 Å². The Hall–Kier alpha value is -1.11. The van der Waals surface area contributed by atoms with Crippen LogP contribution < -0.4 is 11.3 Å². The molecule has 0 heterocycles. The van der Waals surface area contributed by atoms with Crippen LogP contribution in [-0.2, 0) is 10.0 Å². The molecule has 0 aliphatic heterocycles. The highest BCUT2D eigenvalue weighted by atomic mass is 32.2. The summed E-state index contributed by atoms with van der Waals surface area (Å²) in [6, 6.07) is 6.63. The molecule has 0 bridgehead atoms. The molecule has 110 valence electrons. The molecule has 0 saturated heterocycles. The summed E-state index contributed by atoms with van der Waals surface area (Å²) < 4.78 is 27.2. The van der Waals surface area contributed by atoms with Crippen LogP contribution in [0, 0.1) is 11.8 Å². The van der Waals surface area contributed by atoms with Gasteiger partial charge in [0.25, 0.3) is 0 Å². The molecule has 2 saturated carbocycles. The molecule has 0 spiro atoms. The van der Waals surface area contributed by atoms with Crippen molar-refractivity contribution in [1.82, 2.24) is 4.31 Å². The van der Waals surface area contributed by atoms with Gasteiger partial charge >= 0.3 is 0 Å². The average molecular weight is 295 g/mol. The van der Waals surface area contributed by atoms with Crippen LogP contribution in [0.2, 0.25) is 0 Å². The van der Waals surface area contributed by atoms with Crippen LogP contribution in [-0.4, -0.2) is 25.8 Å². The number of hydrogen-bond acceptors (Lipinski definition) is 4. The minimum absolute atomic E-state index is 0.359. The SMILES string of the molecule is NNc1ccc(S(=O)(=O)N(CC2CC2)CC2CC2)cc1. The molecule has 0 atom stereocenters. The molecule has 2 aliphatic carbocycles. The van der Waals surface area contributed by atoms with Gasteiger partial charge < -0.3 is 5.43 Å². The molecule has 0 radical (unpaired) electrons. The second-order valence-corrected chi connectivity index (χ2v) is 7.82. The van der Waals surface area contributed by atoms with Gasteiger partial charge in [0.2, 0.25) is 10.0 Å². The van der Waals surface area contributed by atoms with Gasteiger partial charge in [0, 0.05) is 18.8 Å². The first-order chi connectivity index (χ1) is 9.59. The Morgan fingerprint density at radius 3 is 1.95 bits per heavy atom. The second kappa shape index (κ2) is 5.35. The molecule has 5 nitrogen and oxygen atoms in total. The number of anilines is 1. The van der Waals surface area contributed by atoms with Crippen molar-refractivity contribution in [2.45, 2.75) is 30.6 Å². The predicted molar refractivity (Wildman–Crippen MR) is 78.5 cm³/mol. The Morgan fingerprint density at radius 2 is 1.55 bits per heavy atom. The summed E-state index contributed by atoms with van der Waals surface area (Å²) in [7, 11) is -3.37. The summed E-state index contributed by atoms with van der Waals surface area (Å²) in [6.07, 6.45) is 4.64. The van der Waals surface area contributed by atoms with Crippen molar-refractivity contribution in [2.75, 3.05) is 18.5 Å². The molecule has 1 aromatic carbocycles. The van der Waals surface area contributed by atoms with E-state index in [1.165, 1.54) is 0 Å². The molecule has 2 aliphatic rings. The molecular weight excluding hydrogens is 274 g/mol. The lowest BCUT2D eigenvalue weighted by Gasteiger charge is -2.22. The van der Waals surface area contributed by atoms with E-state index in [4.69, 9.17) is 5.84 Å². The number of sulfonamides is 1. The molecule has 3 N–H and O–H groups in total. The van der Waals surface area contributed by atoms with Crippen molar-refractivity contribution in [3.8, 4) is 0 Å². The fourth-order valence-corrected chi connectivity index (χ4v) is 3.91. The van der Waals surface area contributed by atoms with Crippen LogP contribution in [0.4, 0.5) is 5.69 Å². The van der Waals surface area contributed by atoms with Crippen molar-refractivity contribution >= 4 is 15.7 Å². The van der Waals surface area contributed by atoms with Gasteiger partial charge in [-0.25, -0.2) is 8.42 Å². The summed E-state index contributed by atoms with van der Waals surface area (Å²) in [5, 5.41) is 0. The number of nitrogens with zero attached hydrogens (tertiary/aromatic N) is 1. The highest BCUT2D eigenvalue weighted by molar-refractivity contribution is 7.89. The second-order valence-electron chi connectivity index (χ2n) is 5.88. The molecule has 0 aromatic heterocycles. The van der Waals surface area contributed by atoms with Crippen molar-refractivity contribution in [1.29, 1.82) is 0 Å². The van der Waals surface area contributed by atoms with Gasteiger partial charge in [-0.3, -0.25) is 5.84 Å². The van der Waals surface area contributed by atoms with Gasteiger partial charge in [-0.1, -0.05) is 0 Å². The van der Waals surface area contributed by atoms with Crippen LogP contribution in [0.1, 0.15) is 25.7 Å². The van der Waals surface area contributed by atoms with Crippen molar-refractivity contribution in [2.24, 2.45) is 17.7 Å². The number of hydrazine groups is 1. The molecule has 6 heteroatoms. The Bertz CT molecular complexity index is 549. The number of rotatable bonds is 7. The van der Waals surface area contributed by atoms with Gasteiger partial charge in [-0.2, -0.15) is 4.31 Å². The van der Waals surface area contributed by atoms with E-state index in [9.17, 15) is 8.42 Å². The Morgan fingerprint density at radius 1 is 1.05 bits per heavy atom. The number of benzene rings is 1. The van der Waals surface area contributed by atoms with E-state index in [0.29, 0.717) is 35.5 Å². The summed E-state index contributed by atoms with van der Waals surface area (Å²) in [5.41, 5.74) is 3.22. The molecule has 0 unspecified atom stereocenters. The molecular formula is C14H21N3O2S. The lowest BCUT2D eigenvalue weighted by atomic mass is 10.3. The fourth-order valence-electron chi connectivity index (χ4n) is 2.32. The predicted octanol–water partition coefficient (Wildman–Crippen LogP) is 1.78. The molecule has 0 amide bonds. The molecule has 1 aromatic rings. The molecule has 2 fully saturated rings. The highest BCUT2D eigenvalue weighted by Crippen LogP contribution is 2.36. The van der Waals surface area contributed by atoms with E-state index in [1.807, 2.05) is 0 Å². The first-order valence-electron chi connectivity index (χ1n) is 7.16. The fraction of sp³-hybridized carbons (Fsp3) is 0.571. The van der Waals surface area contributed by atoms with Gasteiger partial charge in [0.15, 0.2) is 0 Å². The van der Waals surface area contributed by atoms with Crippen LogP contribution in [0.5, 0.6) is 0 Å². The largest absolute Gasteiger partial charge is 0.324 e. The summed E-state index contributed by atoms with van der Waals surface area (Å²) in [4.78, 5) is 0.359. The van der Waals surface area contributed by atoms with Crippen LogP contribution >= 0.6 is 0 Å². The van der Waals surface area contributed by atoms with Gasteiger partial charge in [0.1, 0.15) is 0 Å². The maximum Gasteiger partial charge on any atom is 0.243 e. The highest BCUT2D eigenvalue weighted by Gasteiger charge is 2.35. The first kappa shape index (κ1) is 13.9. The topological polar surface area (TPSA) is 75.4 Å². The van der Waals surface area contributed by atoms with E-state index in [2.05, 4.69) is 5.43 Å². The number of nitrogen functional groups attached to an aromatic ring is 1. The Kier molecular flexibility index (Phi) is 3.70. The van der Waals surface area contributed by atoms with E-state index in [1.54, 1.807) is 28.6 Å². The van der Waals surface area contributed by atoms with Gasteiger partial charge in [-0.05, 0) is 61.8 Å². The van der Waals surface area contributed by atoms with Crippen molar-refractivity contribution in [3.63, 3.8) is 0 Å². The van der Waals surface area contributed by atoms with E-state index >= 15 is 0 Å². The summed E-state index contributed by atoms with van der Waals surface area (Å²) in [5.74, 6) is 6.43. The zero-order valence-corrected chi connectivity index (χ0v) is 12.3. The average Bonchev–Trinajstić information content (AvgIpc) is 3.33. The monoisotopic (exact) mass is 295 g/mol. The van der Waals surface area contributed by atoms with Crippen molar-refractivity contribution in [3.05, 3.63) is 24.3 Å². The van der Waals surface area contributed by atoms with Gasteiger partial charge in [0.05, 0.1) is 4.90 Å². The quantitative estimate of drug-likeness (QED) is 0.594. The third-order valence-electron chi connectivity index (χ3n) is 3.98. The zero-order valence-electron chi connectivity index (χ0n) is 11.5. The summed E-state index contributed by atoms with van der Waals surface area (Å²) in [6.45, 7) is 1.35. The lowest BCUT2D eigenvalue weighted by Crippen LogP contribution is -2.34. The van der Waals surface area contributed by atoms with Gasteiger partial charge in [-0.15, -0.1) is 0 Å². The number of nitrogens with one attached hydrogen (secondary N) is 1. The molecule has 20 heavy (non-hydrogen) atoms. The normalized spacial score (nSPS) is 19.3. The van der Waals surface area contributed by atoms with E-state index in [-0.39, 0.29) is 0 Å². The maximum atomic E-state index is 12.7. The van der Waals surface area contributed by atoms with E-state index in [0.717, 1.165) is 25.7 Å². The smallest absolute Gasteiger partial charge is 0.243 e. The Balaban J connectivity index is 1.81. The summed E-state index contributed by atoms with van der Waals surface area (Å²) >= 11 is 0. The number of hydrogen-bond donors (Lipinski definition) is 2. The standard InChI is InChI=1S/C14H21N3O2S/c15-16-13-5-7-14(8-6-13)20(18,19)17(9-11-1-2-11)10-12-3-4-12/h5-8,11-12,16H,1-4,9-10,15H2. The minimum Gasteiger partial charge on any atom is -0.324 e.